The second kappa shape index (κ2) is 6.44. The average molecular weight is 306 g/mol. The third-order valence-electron chi connectivity index (χ3n) is 3.38. The van der Waals surface area contributed by atoms with Crippen LogP contribution in [0.5, 0.6) is 11.8 Å². The normalized spacial score (nSPS) is 10.4. The molecule has 116 valence electrons. The van der Waals surface area contributed by atoms with E-state index in [0.717, 1.165) is 22.6 Å². The number of aryl methyl sites for hydroxylation is 3. The Morgan fingerprint density at radius 1 is 0.913 bits per heavy atom. The molecule has 0 spiro atoms. The number of hydrogen-bond donors (Lipinski definition) is 1. The predicted octanol–water partition coefficient (Wildman–Crippen LogP) is 4.33. The standard InChI is InChI=1S/C18H18N4O/c1-12-9-13(2)16(14(3)10-12)23-18-20-11-19-17(22-18)21-15-7-5-4-6-8-15/h4-11H,1-3H3,(H,19,20,21,22). The maximum absolute atomic E-state index is 5.87. The summed E-state index contributed by atoms with van der Waals surface area (Å²) >= 11 is 0. The molecule has 0 atom stereocenters. The van der Waals surface area contributed by atoms with Gasteiger partial charge in [0.2, 0.25) is 5.95 Å². The van der Waals surface area contributed by atoms with E-state index >= 15 is 0 Å². The zero-order valence-electron chi connectivity index (χ0n) is 13.4. The number of nitrogens with zero attached hydrogens (tertiary/aromatic N) is 3. The Hall–Kier alpha value is -2.95. The van der Waals surface area contributed by atoms with Crippen LogP contribution < -0.4 is 10.1 Å². The van der Waals surface area contributed by atoms with E-state index in [1.165, 1.54) is 11.9 Å². The van der Waals surface area contributed by atoms with Gasteiger partial charge in [-0.25, -0.2) is 4.98 Å². The van der Waals surface area contributed by atoms with Crippen molar-refractivity contribution >= 4 is 11.6 Å². The average Bonchev–Trinajstić information content (AvgIpc) is 2.52. The number of nitrogens with one attached hydrogen (secondary N) is 1. The molecule has 0 aliphatic rings. The van der Waals surface area contributed by atoms with E-state index in [2.05, 4.69) is 39.3 Å². The smallest absolute Gasteiger partial charge is 0.326 e. The first-order valence-electron chi connectivity index (χ1n) is 7.38. The van der Waals surface area contributed by atoms with Crippen LogP contribution in [0.3, 0.4) is 0 Å². The van der Waals surface area contributed by atoms with Gasteiger partial charge in [-0.3, -0.25) is 0 Å². The Morgan fingerprint density at radius 3 is 2.30 bits per heavy atom. The first-order chi connectivity index (χ1) is 11.1. The highest BCUT2D eigenvalue weighted by molar-refractivity contribution is 5.52. The monoisotopic (exact) mass is 306 g/mol. The lowest BCUT2D eigenvalue weighted by molar-refractivity contribution is 0.434. The third kappa shape index (κ3) is 3.63. The van der Waals surface area contributed by atoms with Crippen LogP contribution in [0.25, 0.3) is 0 Å². The van der Waals surface area contributed by atoms with Crippen molar-refractivity contribution in [3.05, 3.63) is 65.5 Å². The van der Waals surface area contributed by atoms with Crippen molar-refractivity contribution in [2.24, 2.45) is 0 Å². The Kier molecular flexibility index (Phi) is 4.19. The van der Waals surface area contributed by atoms with Gasteiger partial charge >= 0.3 is 6.01 Å². The molecule has 3 aromatic rings. The second-order valence-corrected chi connectivity index (χ2v) is 5.41. The molecule has 5 nitrogen and oxygen atoms in total. The maximum Gasteiger partial charge on any atom is 0.326 e. The summed E-state index contributed by atoms with van der Waals surface area (Å²) in [6, 6.07) is 14.2. The minimum Gasteiger partial charge on any atom is -0.424 e. The number of para-hydroxylation sites is 1. The van der Waals surface area contributed by atoms with Crippen LogP contribution in [0.1, 0.15) is 16.7 Å². The first-order valence-corrected chi connectivity index (χ1v) is 7.38. The SMILES string of the molecule is Cc1cc(C)c(Oc2ncnc(Nc3ccccc3)n2)c(C)c1. The van der Waals surface area contributed by atoms with Gasteiger partial charge in [0.25, 0.3) is 0 Å². The highest BCUT2D eigenvalue weighted by Crippen LogP contribution is 2.28. The van der Waals surface area contributed by atoms with Crippen LogP contribution in [0.15, 0.2) is 48.8 Å². The molecule has 0 fully saturated rings. The summed E-state index contributed by atoms with van der Waals surface area (Å²) in [6.07, 6.45) is 1.44. The molecule has 23 heavy (non-hydrogen) atoms. The molecule has 0 amide bonds. The number of hydrogen-bond acceptors (Lipinski definition) is 5. The van der Waals surface area contributed by atoms with Crippen LogP contribution >= 0.6 is 0 Å². The summed E-state index contributed by atoms with van der Waals surface area (Å²) in [4.78, 5) is 12.5. The van der Waals surface area contributed by atoms with E-state index in [9.17, 15) is 0 Å². The van der Waals surface area contributed by atoms with Crippen LogP contribution in [0, 0.1) is 20.8 Å². The number of rotatable bonds is 4. The third-order valence-corrected chi connectivity index (χ3v) is 3.38. The molecule has 0 radical (unpaired) electrons. The van der Waals surface area contributed by atoms with Gasteiger partial charge in [-0.2, -0.15) is 9.97 Å². The minimum absolute atomic E-state index is 0.272. The molecule has 0 saturated heterocycles. The molecule has 0 bridgehead atoms. The molecule has 0 aliphatic heterocycles. The fourth-order valence-corrected chi connectivity index (χ4v) is 2.46. The highest BCUT2D eigenvalue weighted by atomic mass is 16.5. The summed E-state index contributed by atoms with van der Waals surface area (Å²) < 4.78 is 5.87. The number of ether oxygens (including phenoxy) is 1. The molecule has 1 N–H and O–H groups in total. The number of anilines is 2. The van der Waals surface area contributed by atoms with Crippen LogP contribution in [-0.4, -0.2) is 15.0 Å². The Bertz CT molecular complexity index is 795. The zero-order valence-corrected chi connectivity index (χ0v) is 13.4. The lowest BCUT2D eigenvalue weighted by atomic mass is 10.1. The van der Waals surface area contributed by atoms with Gasteiger partial charge in [-0.05, 0) is 44.0 Å². The van der Waals surface area contributed by atoms with Gasteiger partial charge in [0.15, 0.2) is 0 Å². The van der Waals surface area contributed by atoms with Crippen LogP contribution in [-0.2, 0) is 0 Å². The minimum atomic E-state index is 0.272. The summed E-state index contributed by atoms with van der Waals surface area (Å²) in [7, 11) is 0. The van der Waals surface area contributed by atoms with Crippen molar-refractivity contribution in [3.63, 3.8) is 0 Å². The molecule has 0 saturated carbocycles. The zero-order chi connectivity index (χ0) is 16.2. The van der Waals surface area contributed by atoms with Crippen molar-refractivity contribution in [1.82, 2.24) is 15.0 Å². The molecular weight excluding hydrogens is 288 g/mol. The van der Waals surface area contributed by atoms with Crippen LogP contribution in [0.4, 0.5) is 11.6 Å². The van der Waals surface area contributed by atoms with E-state index in [-0.39, 0.29) is 6.01 Å². The van der Waals surface area contributed by atoms with Gasteiger partial charge < -0.3 is 10.1 Å². The van der Waals surface area contributed by atoms with Gasteiger partial charge in [0, 0.05) is 5.69 Å². The van der Waals surface area contributed by atoms with E-state index in [4.69, 9.17) is 4.74 Å². The van der Waals surface area contributed by atoms with Gasteiger partial charge in [-0.15, -0.1) is 0 Å². The van der Waals surface area contributed by atoms with Gasteiger partial charge in [0.1, 0.15) is 12.1 Å². The molecule has 0 unspecified atom stereocenters. The maximum atomic E-state index is 5.87. The predicted molar refractivity (Wildman–Crippen MR) is 90.3 cm³/mol. The Morgan fingerprint density at radius 2 is 1.61 bits per heavy atom. The molecule has 1 aromatic heterocycles. The van der Waals surface area contributed by atoms with E-state index in [0.29, 0.717) is 5.95 Å². The quantitative estimate of drug-likeness (QED) is 0.777. The van der Waals surface area contributed by atoms with E-state index < -0.39 is 0 Å². The van der Waals surface area contributed by atoms with Crippen molar-refractivity contribution in [3.8, 4) is 11.8 Å². The Labute approximate surface area is 135 Å². The summed E-state index contributed by atoms with van der Waals surface area (Å²) in [6.45, 7) is 6.09. The van der Waals surface area contributed by atoms with Crippen molar-refractivity contribution in [2.75, 3.05) is 5.32 Å². The topological polar surface area (TPSA) is 59.9 Å². The van der Waals surface area contributed by atoms with Gasteiger partial charge in [-0.1, -0.05) is 35.9 Å². The largest absolute Gasteiger partial charge is 0.424 e. The summed E-state index contributed by atoms with van der Waals surface area (Å²) in [5, 5.41) is 3.13. The fraction of sp³-hybridized carbons (Fsp3) is 0.167. The molecule has 5 heteroatoms. The van der Waals surface area contributed by atoms with Gasteiger partial charge in [0.05, 0.1) is 0 Å². The highest BCUT2D eigenvalue weighted by Gasteiger charge is 2.09. The molecule has 2 aromatic carbocycles. The van der Waals surface area contributed by atoms with Crippen molar-refractivity contribution in [1.29, 1.82) is 0 Å². The lowest BCUT2D eigenvalue weighted by Crippen LogP contribution is -2.01. The molecule has 1 heterocycles. The fourth-order valence-electron chi connectivity index (χ4n) is 2.46. The first kappa shape index (κ1) is 15.0. The summed E-state index contributed by atoms with van der Waals surface area (Å²) in [5.41, 5.74) is 4.22. The van der Waals surface area contributed by atoms with Crippen LogP contribution in [0.2, 0.25) is 0 Å². The van der Waals surface area contributed by atoms with Crippen molar-refractivity contribution in [2.45, 2.75) is 20.8 Å². The number of aromatic nitrogens is 3. The van der Waals surface area contributed by atoms with E-state index in [1.807, 2.05) is 44.2 Å². The lowest BCUT2D eigenvalue weighted by Gasteiger charge is -2.12. The molecule has 0 aliphatic carbocycles. The molecular formula is C18H18N4O. The molecule has 3 rings (SSSR count). The second-order valence-electron chi connectivity index (χ2n) is 5.41. The van der Waals surface area contributed by atoms with E-state index in [1.54, 1.807) is 0 Å². The Balaban J connectivity index is 1.83. The van der Waals surface area contributed by atoms with Crippen molar-refractivity contribution < 1.29 is 4.74 Å². The number of benzene rings is 2. The summed E-state index contributed by atoms with van der Waals surface area (Å²) in [5.74, 6) is 1.23.